The molecule has 0 unspecified atom stereocenters. The minimum atomic E-state index is -1.20. The number of ether oxygens (including phenoxy) is 2. The van der Waals surface area contributed by atoms with Crippen LogP contribution in [0, 0.1) is 0 Å². The fourth-order valence-electron chi connectivity index (χ4n) is 2.39. The van der Waals surface area contributed by atoms with Crippen LogP contribution in [0.2, 0.25) is 0 Å². The Hall–Kier alpha value is -1.43. The van der Waals surface area contributed by atoms with E-state index < -0.39 is 30.1 Å². The molecular formula is C11H17Cl2N5O5. The van der Waals surface area contributed by atoms with Crippen LogP contribution in [0.25, 0.3) is 11.2 Å². The van der Waals surface area contributed by atoms with Crippen LogP contribution in [0.3, 0.4) is 0 Å². The van der Waals surface area contributed by atoms with Crippen LogP contribution in [0.1, 0.15) is 6.23 Å². The van der Waals surface area contributed by atoms with Crippen LogP contribution < -0.4 is 11.3 Å². The van der Waals surface area contributed by atoms with Crippen molar-refractivity contribution in [2.75, 3.05) is 19.5 Å². The summed E-state index contributed by atoms with van der Waals surface area (Å²) in [5.41, 5.74) is 5.27. The topological polar surface area (TPSA) is 149 Å². The molecule has 2 aromatic rings. The summed E-state index contributed by atoms with van der Waals surface area (Å²) in [6.07, 6.45) is -2.63. The van der Waals surface area contributed by atoms with Crippen LogP contribution in [0.5, 0.6) is 0 Å². The molecule has 0 spiro atoms. The van der Waals surface area contributed by atoms with E-state index in [1.54, 1.807) is 0 Å². The average Bonchev–Trinajstić information content (AvgIpc) is 2.96. The molecule has 10 nitrogen and oxygen atoms in total. The van der Waals surface area contributed by atoms with Crippen molar-refractivity contribution in [1.29, 1.82) is 0 Å². The molecule has 0 saturated carbocycles. The number of aromatic nitrogens is 4. The number of aliphatic hydroxyl groups is 2. The number of fused-ring (bicyclic) bond motifs is 1. The van der Waals surface area contributed by atoms with Gasteiger partial charge in [-0.3, -0.25) is 14.3 Å². The number of nitrogens with one attached hydrogen (secondary N) is 1. The Morgan fingerprint density at radius 1 is 1.43 bits per heavy atom. The van der Waals surface area contributed by atoms with E-state index in [0.717, 1.165) is 0 Å². The van der Waals surface area contributed by atoms with Crippen molar-refractivity contribution < 1.29 is 19.7 Å². The molecule has 0 aromatic carbocycles. The lowest BCUT2D eigenvalue weighted by Crippen LogP contribution is -2.33. The van der Waals surface area contributed by atoms with E-state index in [1.165, 1.54) is 18.0 Å². The summed E-state index contributed by atoms with van der Waals surface area (Å²) in [7, 11) is 1.46. The fourth-order valence-corrected chi connectivity index (χ4v) is 2.39. The molecule has 0 aliphatic carbocycles. The third kappa shape index (κ3) is 3.27. The van der Waals surface area contributed by atoms with Gasteiger partial charge in [0.1, 0.15) is 18.3 Å². The number of methoxy groups -OCH3 is 1. The van der Waals surface area contributed by atoms with Gasteiger partial charge in [0.15, 0.2) is 17.4 Å². The van der Waals surface area contributed by atoms with Gasteiger partial charge in [-0.25, -0.2) is 4.98 Å². The molecule has 4 atom stereocenters. The Labute approximate surface area is 142 Å². The van der Waals surface area contributed by atoms with E-state index >= 15 is 0 Å². The van der Waals surface area contributed by atoms with E-state index in [2.05, 4.69) is 15.0 Å². The molecule has 2 aromatic heterocycles. The van der Waals surface area contributed by atoms with Gasteiger partial charge in [0, 0.05) is 7.11 Å². The number of anilines is 1. The molecule has 0 radical (unpaired) electrons. The number of hydrogen-bond acceptors (Lipinski definition) is 8. The summed E-state index contributed by atoms with van der Waals surface area (Å²) < 4.78 is 11.9. The third-order valence-corrected chi connectivity index (χ3v) is 3.39. The molecule has 5 N–H and O–H groups in total. The second-order valence-electron chi connectivity index (χ2n) is 4.78. The van der Waals surface area contributed by atoms with E-state index in [1.807, 2.05) is 0 Å². The number of aliphatic hydroxyl groups excluding tert-OH is 2. The molecule has 0 bridgehead atoms. The minimum absolute atomic E-state index is 0. The van der Waals surface area contributed by atoms with Gasteiger partial charge in [-0.05, 0) is 0 Å². The van der Waals surface area contributed by atoms with Gasteiger partial charge >= 0.3 is 0 Å². The normalized spacial score (nSPS) is 26.7. The van der Waals surface area contributed by atoms with Crippen LogP contribution in [0.15, 0.2) is 11.1 Å². The smallest absolute Gasteiger partial charge is 0.280 e. The number of nitrogens with zero attached hydrogens (tertiary/aromatic N) is 3. The summed E-state index contributed by atoms with van der Waals surface area (Å²) in [6.45, 7) is 0.123. The standard InChI is InChI=1S/C11H15N5O5.2ClH/c1-20-2-4-6(17)7(18)10(21-4)16-3-13-5-8(16)14-11(12)15-9(5)19;;/h3-4,6-7,10,17-18H,2H2,1H3,(H3,12,14,15,19);2*1H/t4-,6-,7-,10-;;/m1../s1. The summed E-state index contributed by atoms with van der Waals surface area (Å²) in [5, 5.41) is 20.0. The molecule has 12 heteroatoms. The number of nitrogen functional groups attached to an aromatic ring is 1. The van der Waals surface area contributed by atoms with Gasteiger partial charge < -0.3 is 25.4 Å². The average molecular weight is 370 g/mol. The van der Waals surface area contributed by atoms with Crippen molar-refractivity contribution in [3.8, 4) is 0 Å². The lowest BCUT2D eigenvalue weighted by Gasteiger charge is -2.16. The third-order valence-electron chi connectivity index (χ3n) is 3.39. The maximum Gasteiger partial charge on any atom is 0.280 e. The molecule has 1 fully saturated rings. The largest absolute Gasteiger partial charge is 0.387 e. The van der Waals surface area contributed by atoms with Crippen molar-refractivity contribution >= 4 is 41.9 Å². The summed E-state index contributed by atoms with van der Waals surface area (Å²) >= 11 is 0. The van der Waals surface area contributed by atoms with Gasteiger partial charge in [-0.2, -0.15) is 4.98 Å². The first-order valence-corrected chi connectivity index (χ1v) is 6.25. The van der Waals surface area contributed by atoms with Crippen molar-refractivity contribution in [3.05, 3.63) is 16.7 Å². The Morgan fingerprint density at radius 2 is 2.13 bits per heavy atom. The molecule has 1 aliphatic rings. The van der Waals surface area contributed by atoms with Gasteiger partial charge in [-0.1, -0.05) is 0 Å². The van der Waals surface area contributed by atoms with Crippen LogP contribution in [-0.4, -0.2) is 61.8 Å². The summed E-state index contributed by atoms with van der Waals surface area (Å²) in [6, 6.07) is 0. The predicted molar refractivity (Wildman–Crippen MR) is 84.9 cm³/mol. The first-order valence-electron chi connectivity index (χ1n) is 6.25. The number of nitrogens with two attached hydrogens (primary N) is 1. The van der Waals surface area contributed by atoms with Crippen molar-refractivity contribution in [2.24, 2.45) is 0 Å². The summed E-state index contributed by atoms with van der Waals surface area (Å²) in [5.74, 6) is -0.0734. The fraction of sp³-hybridized carbons (Fsp3) is 0.545. The second kappa shape index (κ2) is 7.43. The molecule has 1 saturated heterocycles. The SMILES string of the molecule is COC[C@H]1O[C@@H](n2cnc3c(=O)[nH]c(N)nc32)[C@H](O)[C@@H]1O.Cl.Cl. The molecule has 3 heterocycles. The number of rotatable bonds is 3. The Morgan fingerprint density at radius 3 is 2.78 bits per heavy atom. The highest BCUT2D eigenvalue weighted by Crippen LogP contribution is 2.31. The zero-order valence-corrected chi connectivity index (χ0v) is 13.6. The van der Waals surface area contributed by atoms with E-state index in [0.29, 0.717) is 0 Å². The molecular weight excluding hydrogens is 353 g/mol. The minimum Gasteiger partial charge on any atom is -0.387 e. The van der Waals surface area contributed by atoms with Crippen molar-refractivity contribution in [2.45, 2.75) is 24.5 Å². The zero-order valence-electron chi connectivity index (χ0n) is 11.9. The lowest BCUT2D eigenvalue weighted by atomic mass is 10.1. The summed E-state index contributed by atoms with van der Waals surface area (Å²) in [4.78, 5) is 22.0. The first-order chi connectivity index (χ1) is 10.0. The Bertz CT molecular complexity index is 722. The quantitative estimate of drug-likeness (QED) is 0.527. The van der Waals surface area contributed by atoms with Crippen molar-refractivity contribution in [3.63, 3.8) is 0 Å². The van der Waals surface area contributed by atoms with Crippen LogP contribution in [-0.2, 0) is 9.47 Å². The molecule has 3 rings (SSSR count). The van der Waals surface area contributed by atoms with E-state index in [9.17, 15) is 15.0 Å². The number of halogens is 2. The number of hydrogen-bond donors (Lipinski definition) is 4. The first kappa shape index (κ1) is 19.6. The molecule has 23 heavy (non-hydrogen) atoms. The monoisotopic (exact) mass is 369 g/mol. The lowest BCUT2D eigenvalue weighted by molar-refractivity contribution is -0.0580. The number of imidazole rings is 1. The van der Waals surface area contributed by atoms with Gasteiger partial charge in [0.25, 0.3) is 5.56 Å². The highest BCUT2D eigenvalue weighted by atomic mass is 35.5. The highest BCUT2D eigenvalue weighted by Gasteiger charge is 2.44. The maximum absolute atomic E-state index is 11.7. The van der Waals surface area contributed by atoms with Crippen LogP contribution in [0.4, 0.5) is 5.95 Å². The van der Waals surface area contributed by atoms with E-state index in [4.69, 9.17) is 15.2 Å². The second-order valence-corrected chi connectivity index (χ2v) is 4.78. The number of H-pyrrole nitrogens is 1. The molecule has 0 amide bonds. The molecule has 1 aliphatic heterocycles. The predicted octanol–water partition coefficient (Wildman–Crippen LogP) is -1.19. The van der Waals surface area contributed by atoms with Crippen molar-refractivity contribution in [1.82, 2.24) is 19.5 Å². The zero-order chi connectivity index (χ0) is 15.1. The maximum atomic E-state index is 11.7. The van der Waals surface area contributed by atoms with Gasteiger partial charge in [-0.15, -0.1) is 24.8 Å². The Kier molecular flexibility index (Phi) is 6.33. The van der Waals surface area contributed by atoms with Gasteiger partial charge in [0.2, 0.25) is 5.95 Å². The van der Waals surface area contributed by atoms with Gasteiger partial charge in [0.05, 0.1) is 12.9 Å². The van der Waals surface area contributed by atoms with E-state index in [-0.39, 0.29) is 48.5 Å². The Balaban J connectivity index is 0.00000132. The molecule has 130 valence electrons. The number of aromatic amines is 1. The van der Waals surface area contributed by atoms with Crippen LogP contribution >= 0.6 is 24.8 Å². The highest BCUT2D eigenvalue weighted by molar-refractivity contribution is 5.85.